The first-order chi connectivity index (χ1) is 20.0. The Morgan fingerprint density at radius 3 is 2.49 bits per heavy atom. The second kappa shape index (κ2) is 12.9. The van der Waals surface area contributed by atoms with E-state index in [1.54, 1.807) is 11.3 Å². The van der Waals surface area contributed by atoms with E-state index in [0.717, 1.165) is 78.1 Å². The van der Waals surface area contributed by atoms with Crippen molar-refractivity contribution in [2.45, 2.75) is 95.9 Å². The molecule has 8 nitrogen and oxygen atoms in total. The van der Waals surface area contributed by atoms with Gasteiger partial charge in [-0.15, -0.1) is 11.3 Å². The number of hydrogen-bond donors (Lipinski definition) is 1. The number of rotatable bonds is 6. The van der Waals surface area contributed by atoms with Gasteiger partial charge in [-0.2, -0.15) is 5.10 Å². The first-order valence-corrected chi connectivity index (χ1v) is 16.4. The zero-order chi connectivity index (χ0) is 28.2. The van der Waals surface area contributed by atoms with E-state index in [-0.39, 0.29) is 18.0 Å². The molecular formula is C32H43N5O3S. The summed E-state index contributed by atoms with van der Waals surface area (Å²) >= 11 is 1.60. The molecule has 3 fully saturated rings. The van der Waals surface area contributed by atoms with E-state index < -0.39 is 0 Å². The molecule has 9 heteroatoms. The summed E-state index contributed by atoms with van der Waals surface area (Å²) in [6.07, 6.45) is 11.1. The van der Waals surface area contributed by atoms with Crippen molar-refractivity contribution >= 4 is 33.6 Å². The van der Waals surface area contributed by atoms with Gasteiger partial charge in [-0.3, -0.25) is 14.4 Å². The summed E-state index contributed by atoms with van der Waals surface area (Å²) in [4.78, 5) is 32.3. The first-order valence-electron chi connectivity index (χ1n) is 15.5. The van der Waals surface area contributed by atoms with Gasteiger partial charge < -0.3 is 15.0 Å². The van der Waals surface area contributed by atoms with Crippen LogP contribution in [0.25, 0.3) is 10.2 Å². The number of nitrogens with one attached hydrogen (secondary N) is 1. The zero-order valence-electron chi connectivity index (χ0n) is 24.2. The van der Waals surface area contributed by atoms with Crippen LogP contribution >= 0.6 is 11.3 Å². The Morgan fingerprint density at radius 2 is 1.71 bits per heavy atom. The minimum atomic E-state index is -0.218. The molecule has 6 rings (SSSR count). The first kappa shape index (κ1) is 28.2. The molecule has 0 bridgehead atoms. The monoisotopic (exact) mass is 577 g/mol. The number of ether oxygens (including phenoxy) is 1. The largest absolute Gasteiger partial charge is 0.445 e. The third kappa shape index (κ3) is 6.61. The predicted molar refractivity (Wildman–Crippen MR) is 162 cm³/mol. The van der Waals surface area contributed by atoms with E-state index in [9.17, 15) is 9.59 Å². The third-order valence-electron chi connectivity index (χ3n) is 9.25. The van der Waals surface area contributed by atoms with E-state index in [2.05, 4.69) is 27.9 Å². The molecule has 41 heavy (non-hydrogen) atoms. The SMILES string of the molecule is Cc1nn(C2CCCCC2)c2sc(C(=O)NC3CCC(N4CCCN(C(=O)OCc5ccccc5)CC4)CC3)cc12. The van der Waals surface area contributed by atoms with Gasteiger partial charge in [0, 0.05) is 43.6 Å². The average Bonchev–Trinajstić information content (AvgIpc) is 3.48. The molecule has 1 aromatic carbocycles. The Balaban J connectivity index is 0.974. The Labute approximate surface area is 247 Å². The molecule has 2 aliphatic carbocycles. The van der Waals surface area contributed by atoms with Gasteiger partial charge in [0.2, 0.25) is 0 Å². The maximum Gasteiger partial charge on any atom is 0.410 e. The Kier molecular flexibility index (Phi) is 8.91. The van der Waals surface area contributed by atoms with Crippen molar-refractivity contribution in [3.05, 3.63) is 52.5 Å². The van der Waals surface area contributed by atoms with Crippen LogP contribution in [0.15, 0.2) is 36.4 Å². The quantitative estimate of drug-likeness (QED) is 0.372. The number of carbonyl (C=O) groups excluding carboxylic acids is 2. The molecule has 2 saturated carbocycles. The van der Waals surface area contributed by atoms with Gasteiger partial charge in [-0.25, -0.2) is 4.79 Å². The van der Waals surface area contributed by atoms with Crippen molar-refractivity contribution in [1.82, 2.24) is 24.9 Å². The van der Waals surface area contributed by atoms with E-state index >= 15 is 0 Å². The fourth-order valence-corrected chi connectivity index (χ4v) is 8.03. The third-order valence-corrected chi connectivity index (χ3v) is 10.4. The summed E-state index contributed by atoms with van der Waals surface area (Å²) in [6.45, 7) is 5.70. The maximum absolute atomic E-state index is 13.3. The number of nitrogens with zero attached hydrogens (tertiary/aromatic N) is 4. The number of aryl methyl sites for hydroxylation is 1. The minimum absolute atomic E-state index is 0.0590. The highest BCUT2D eigenvalue weighted by Gasteiger charge is 2.30. The average molecular weight is 578 g/mol. The molecule has 3 aliphatic rings. The fraction of sp³-hybridized carbons (Fsp3) is 0.594. The van der Waals surface area contributed by atoms with Crippen LogP contribution in [-0.4, -0.2) is 69.8 Å². The van der Waals surface area contributed by atoms with Crippen LogP contribution in [-0.2, 0) is 11.3 Å². The highest BCUT2D eigenvalue weighted by molar-refractivity contribution is 7.20. The molecule has 1 saturated heterocycles. The van der Waals surface area contributed by atoms with Gasteiger partial charge in [-0.1, -0.05) is 49.6 Å². The molecule has 2 amide bonds. The Morgan fingerprint density at radius 1 is 0.927 bits per heavy atom. The maximum atomic E-state index is 13.3. The van der Waals surface area contributed by atoms with Crippen LogP contribution in [0.1, 0.15) is 91.2 Å². The topological polar surface area (TPSA) is 79.7 Å². The highest BCUT2D eigenvalue weighted by Crippen LogP contribution is 2.35. The van der Waals surface area contributed by atoms with Crippen LogP contribution in [0.3, 0.4) is 0 Å². The van der Waals surface area contributed by atoms with Gasteiger partial charge in [-0.05, 0) is 63.5 Å². The van der Waals surface area contributed by atoms with Crippen molar-refractivity contribution in [2.75, 3.05) is 26.2 Å². The molecule has 1 N–H and O–H groups in total. The van der Waals surface area contributed by atoms with Crippen LogP contribution in [0.5, 0.6) is 0 Å². The molecule has 0 spiro atoms. The van der Waals surface area contributed by atoms with Crippen LogP contribution in [0, 0.1) is 6.92 Å². The van der Waals surface area contributed by atoms with Gasteiger partial charge in [0.15, 0.2) is 0 Å². The van der Waals surface area contributed by atoms with E-state index in [1.165, 1.54) is 32.1 Å². The summed E-state index contributed by atoms with van der Waals surface area (Å²) < 4.78 is 7.78. The smallest absolute Gasteiger partial charge is 0.410 e. The fourth-order valence-electron chi connectivity index (χ4n) is 6.89. The summed E-state index contributed by atoms with van der Waals surface area (Å²) in [5.74, 6) is 0.0590. The molecule has 0 unspecified atom stereocenters. The van der Waals surface area contributed by atoms with E-state index in [4.69, 9.17) is 9.84 Å². The van der Waals surface area contributed by atoms with E-state index in [0.29, 0.717) is 25.2 Å². The van der Waals surface area contributed by atoms with Gasteiger partial charge >= 0.3 is 6.09 Å². The van der Waals surface area contributed by atoms with Gasteiger partial charge in [0.25, 0.3) is 5.91 Å². The number of benzene rings is 1. The van der Waals surface area contributed by atoms with Crippen LogP contribution in [0.4, 0.5) is 4.79 Å². The summed E-state index contributed by atoms with van der Waals surface area (Å²) in [7, 11) is 0. The van der Waals surface area contributed by atoms with Crippen LogP contribution < -0.4 is 5.32 Å². The summed E-state index contributed by atoms with van der Waals surface area (Å²) in [5, 5.41) is 9.32. The Bertz CT molecular complexity index is 1320. The molecule has 0 radical (unpaired) electrons. The number of aromatic nitrogens is 2. The lowest BCUT2D eigenvalue weighted by molar-refractivity contribution is 0.0901. The van der Waals surface area contributed by atoms with Crippen LogP contribution in [0.2, 0.25) is 0 Å². The second-order valence-corrected chi connectivity index (χ2v) is 13.1. The van der Waals surface area contributed by atoms with Gasteiger partial charge in [0.05, 0.1) is 16.6 Å². The molecule has 220 valence electrons. The molecule has 3 heterocycles. The molecule has 1 aliphatic heterocycles. The Hall–Kier alpha value is -2.91. The minimum Gasteiger partial charge on any atom is -0.445 e. The number of carbonyl (C=O) groups is 2. The molecule has 2 aromatic heterocycles. The van der Waals surface area contributed by atoms with Crippen molar-refractivity contribution < 1.29 is 14.3 Å². The van der Waals surface area contributed by atoms with Crippen molar-refractivity contribution in [3.63, 3.8) is 0 Å². The summed E-state index contributed by atoms with van der Waals surface area (Å²) in [6, 6.07) is 13.1. The number of amides is 2. The molecule has 3 aromatic rings. The lowest BCUT2D eigenvalue weighted by Crippen LogP contribution is -2.45. The standard InChI is InChI=1S/C32H43N5O3S/c1-23-28-21-29(41-31(28)37(34-23)27-11-6-3-7-12-27)30(38)33-25-13-15-26(16-14-25)35-17-8-18-36(20-19-35)32(39)40-22-24-9-4-2-5-10-24/h2,4-5,9-10,21,25-27H,3,6-8,11-20,22H2,1H3,(H,33,38). The van der Waals surface area contributed by atoms with Gasteiger partial charge in [0.1, 0.15) is 11.4 Å². The van der Waals surface area contributed by atoms with Crippen molar-refractivity contribution in [3.8, 4) is 0 Å². The lowest BCUT2D eigenvalue weighted by atomic mass is 9.90. The lowest BCUT2D eigenvalue weighted by Gasteiger charge is -2.36. The number of fused-ring (bicyclic) bond motifs is 1. The normalized spacial score (nSPS) is 22.9. The molecular weight excluding hydrogens is 534 g/mol. The number of hydrogen-bond acceptors (Lipinski definition) is 6. The van der Waals surface area contributed by atoms with Crippen molar-refractivity contribution in [1.29, 1.82) is 0 Å². The zero-order valence-corrected chi connectivity index (χ0v) is 25.0. The predicted octanol–water partition coefficient (Wildman–Crippen LogP) is 6.30. The van der Waals surface area contributed by atoms with E-state index in [1.807, 2.05) is 35.2 Å². The summed E-state index contributed by atoms with van der Waals surface area (Å²) in [5.41, 5.74) is 2.04. The number of thiophene rings is 1. The highest BCUT2D eigenvalue weighted by atomic mass is 32.1. The second-order valence-electron chi connectivity index (χ2n) is 12.0. The molecule has 0 atom stereocenters. The van der Waals surface area contributed by atoms with Crippen molar-refractivity contribution in [2.24, 2.45) is 0 Å².